The smallest absolute Gasteiger partial charge is 0.271 e. The van der Waals surface area contributed by atoms with E-state index in [1.165, 1.54) is 6.20 Å². The lowest BCUT2D eigenvalue weighted by molar-refractivity contribution is 0.0886. The number of likely N-dealkylation sites (tertiary alicyclic amines) is 1. The Hall–Kier alpha value is -1.69. The quantitative estimate of drug-likeness (QED) is 0.858. The predicted molar refractivity (Wildman–Crippen MR) is 78.7 cm³/mol. The third-order valence-corrected chi connectivity index (χ3v) is 4.01. The molecule has 1 aromatic heterocycles. The molecule has 1 fully saturated rings. The molecule has 1 amide bonds. The van der Waals surface area contributed by atoms with Gasteiger partial charge in [0, 0.05) is 13.6 Å². The second-order valence-corrected chi connectivity index (χ2v) is 5.83. The first-order valence-electron chi connectivity index (χ1n) is 6.99. The van der Waals surface area contributed by atoms with Crippen LogP contribution in [0.5, 0.6) is 0 Å². The first kappa shape index (κ1) is 14.7. The minimum absolute atomic E-state index is 0.152. The zero-order valence-corrected chi connectivity index (χ0v) is 12.4. The summed E-state index contributed by atoms with van der Waals surface area (Å²) in [5.74, 6) is 0.504. The fraction of sp³-hybridized carbons (Fsp3) is 0.643. The predicted octanol–water partition coefficient (Wildman–Crippen LogP) is 0.980. The van der Waals surface area contributed by atoms with Gasteiger partial charge in [0.2, 0.25) is 0 Å². The van der Waals surface area contributed by atoms with E-state index in [4.69, 9.17) is 0 Å². The Balaban J connectivity index is 1.88. The fourth-order valence-corrected chi connectivity index (χ4v) is 2.29. The highest BCUT2D eigenvalue weighted by molar-refractivity contribution is 5.92. The van der Waals surface area contributed by atoms with E-state index in [-0.39, 0.29) is 11.3 Å². The number of anilines is 1. The van der Waals surface area contributed by atoms with Gasteiger partial charge in [-0.3, -0.25) is 4.79 Å². The summed E-state index contributed by atoms with van der Waals surface area (Å²) in [7, 11) is 3.90. The second-order valence-electron chi connectivity index (χ2n) is 5.83. The Morgan fingerprint density at radius 1 is 1.35 bits per heavy atom. The lowest BCUT2D eigenvalue weighted by atomic mass is 9.80. The Bertz CT molecular complexity index is 451. The lowest BCUT2D eigenvalue weighted by Crippen LogP contribution is -2.43. The van der Waals surface area contributed by atoms with Crippen molar-refractivity contribution in [1.82, 2.24) is 20.2 Å². The number of nitrogens with one attached hydrogen (secondary N) is 2. The van der Waals surface area contributed by atoms with Crippen LogP contribution < -0.4 is 10.6 Å². The zero-order chi connectivity index (χ0) is 14.6. The number of aromatic nitrogens is 2. The Morgan fingerprint density at radius 3 is 2.60 bits per heavy atom. The van der Waals surface area contributed by atoms with E-state index in [2.05, 4.69) is 39.5 Å². The topological polar surface area (TPSA) is 70.2 Å². The third kappa shape index (κ3) is 3.66. The van der Waals surface area contributed by atoms with Gasteiger partial charge in [-0.2, -0.15) is 0 Å². The molecule has 2 heterocycles. The molecule has 110 valence electrons. The van der Waals surface area contributed by atoms with Crippen LogP contribution in [0.15, 0.2) is 12.4 Å². The van der Waals surface area contributed by atoms with E-state index in [9.17, 15) is 4.79 Å². The number of hydrogen-bond acceptors (Lipinski definition) is 5. The molecule has 1 aliphatic rings. The molecule has 20 heavy (non-hydrogen) atoms. The summed E-state index contributed by atoms with van der Waals surface area (Å²) in [4.78, 5) is 22.6. The molecule has 0 radical (unpaired) electrons. The van der Waals surface area contributed by atoms with Crippen molar-refractivity contribution in [3.63, 3.8) is 0 Å². The molecule has 2 rings (SSSR count). The molecule has 0 aliphatic carbocycles. The van der Waals surface area contributed by atoms with Crippen molar-refractivity contribution in [3.05, 3.63) is 18.1 Å². The number of carbonyl (C=O) groups excluding carboxylic acids is 1. The highest BCUT2D eigenvalue weighted by Crippen LogP contribution is 2.29. The van der Waals surface area contributed by atoms with Gasteiger partial charge in [0.05, 0.1) is 12.4 Å². The number of amides is 1. The molecule has 2 N–H and O–H groups in total. The summed E-state index contributed by atoms with van der Waals surface area (Å²) in [6.07, 6.45) is 5.27. The lowest BCUT2D eigenvalue weighted by Gasteiger charge is -2.37. The van der Waals surface area contributed by atoms with Gasteiger partial charge in [-0.15, -0.1) is 0 Å². The van der Waals surface area contributed by atoms with E-state index in [1.54, 1.807) is 13.2 Å². The van der Waals surface area contributed by atoms with Gasteiger partial charge in [0.1, 0.15) is 11.5 Å². The SMILES string of the molecule is CNc1cnc(C(=O)NCC2(C)CCN(C)CC2)cn1. The van der Waals surface area contributed by atoms with Crippen LogP contribution >= 0.6 is 0 Å². The Labute approximate surface area is 120 Å². The first-order valence-corrected chi connectivity index (χ1v) is 6.99. The van der Waals surface area contributed by atoms with E-state index >= 15 is 0 Å². The maximum absolute atomic E-state index is 12.0. The number of hydrogen-bond donors (Lipinski definition) is 2. The zero-order valence-electron chi connectivity index (χ0n) is 12.4. The Morgan fingerprint density at radius 2 is 2.05 bits per heavy atom. The maximum Gasteiger partial charge on any atom is 0.271 e. The van der Waals surface area contributed by atoms with E-state index in [0.29, 0.717) is 18.1 Å². The van der Waals surface area contributed by atoms with E-state index in [0.717, 1.165) is 25.9 Å². The second kappa shape index (κ2) is 6.17. The number of nitrogens with zero attached hydrogens (tertiary/aromatic N) is 3. The summed E-state index contributed by atoms with van der Waals surface area (Å²) >= 11 is 0. The largest absolute Gasteiger partial charge is 0.372 e. The van der Waals surface area contributed by atoms with Crippen molar-refractivity contribution in [2.24, 2.45) is 5.41 Å². The molecule has 0 spiro atoms. The average Bonchev–Trinajstić information content (AvgIpc) is 2.48. The van der Waals surface area contributed by atoms with Crippen LogP contribution in [-0.4, -0.2) is 54.5 Å². The first-order chi connectivity index (χ1) is 9.52. The van der Waals surface area contributed by atoms with E-state index < -0.39 is 0 Å². The van der Waals surface area contributed by atoms with Crippen molar-refractivity contribution in [2.75, 3.05) is 39.0 Å². The van der Waals surface area contributed by atoms with Crippen molar-refractivity contribution < 1.29 is 4.79 Å². The normalized spacial score (nSPS) is 18.6. The minimum Gasteiger partial charge on any atom is -0.372 e. The van der Waals surface area contributed by atoms with Crippen LogP contribution in [-0.2, 0) is 0 Å². The van der Waals surface area contributed by atoms with Crippen LogP contribution in [0.3, 0.4) is 0 Å². The van der Waals surface area contributed by atoms with Gasteiger partial charge >= 0.3 is 0 Å². The molecule has 6 nitrogen and oxygen atoms in total. The van der Waals surface area contributed by atoms with Gasteiger partial charge in [0.25, 0.3) is 5.91 Å². The van der Waals surface area contributed by atoms with Gasteiger partial charge < -0.3 is 15.5 Å². The standard InChI is InChI=1S/C14H23N5O/c1-14(4-6-19(3)7-5-14)10-18-13(20)11-8-17-12(15-2)9-16-11/h8-9H,4-7,10H2,1-3H3,(H,15,17)(H,18,20). The summed E-state index contributed by atoms with van der Waals surface area (Å²) in [6, 6.07) is 0. The third-order valence-electron chi connectivity index (χ3n) is 4.01. The molecule has 1 aliphatic heterocycles. The fourth-order valence-electron chi connectivity index (χ4n) is 2.29. The van der Waals surface area contributed by atoms with Gasteiger partial charge in [-0.1, -0.05) is 6.92 Å². The molecule has 0 saturated carbocycles. The highest BCUT2D eigenvalue weighted by Gasteiger charge is 2.29. The van der Waals surface area contributed by atoms with Crippen molar-refractivity contribution in [1.29, 1.82) is 0 Å². The summed E-state index contributed by atoms with van der Waals surface area (Å²) < 4.78 is 0. The van der Waals surface area contributed by atoms with Crippen LogP contribution in [0, 0.1) is 5.41 Å². The van der Waals surface area contributed by atoms with Gasteiger partial charge in [-0.25, -0.2) is 9.97 Å². The van der Waals surface area contributed by atoms with Gasteiger partial charge in [-0.05, 0) is 38.4 Å². The molecule has 1 aromatic rings. The van der Waals surface area contributed by atoms with Crippen LogP contribution in [0.25, 0.3) is 0 Å². The minimum atomic E-state index is -0.152. The molecular formula is C14H23N5O. The number of rotatable bonds is 4. The van der Waals surface area contributed by atoms with Gasteiger partial charge in [0.15, 0.2) is 0 Å². The van der Waals surface area contributed by atoms with Crippen molar-refractivity contribution >= 4 is 11.7 Å². The number of piperidine rings is 1. The van der Waals surface area contributed by atoms with Crippen LogP contribution in [0.2, 0.25) is 0 Å². The Kier molecular flexibility index (Phi) is 4.54. The van der Waals surface area contributed by atoms with Crippen LogP contribution in [0.1, 0.15) is 30.3 Å². The summed E-state index contributed by atoms with van der Waals surface area (Å²) in [5.41, 5.74) is 0.543. The summed E-state index contributed by atoms with van der Waals surface area (Å²) in [6.45, 7) is 5.09. The van der Waals surface area contributed by atoms with Crippen molar-refractivity contribution in [3.8, 4) is 0 Å². The molecular weight excluding hydrogens is 254 g/mol. The van der Waals surface area contributed by atoms with E-state index in [1.807, 2.05) is 0 Å². The molecule has 0 aromatic carbocycles. The van der Waals surface area contributed by atoms with Crippen molar-refractivity contribution in [2.45, 2.75) is 19.8 Å². The molecule has 6 heteroatoms. The maximum atomic E-state index is 12.0. The summed E-state index contributed by atoms with van der Waals surface area (Å²) in [5, 5.41) is 5.86. The molecule has 0 atom stereocenters. The average molecular weight is 277 g/mol. The molecule has 1 saturated heterocycles. The number of carbonyl (C=O) groups is 1. The molecule has 0 unspecified atom stereocenters. The van der Waals surface area contributed by atoms with Crippen LogP contribution in [0.4, 0.5) is 5.82 Å². The monoisotopic (exact) mass is 277 g/mol. The molecule has 0 bridgehead atoms. The highest BCUT2D eigenvalue weighted by atomic mass is 16.1.